The Bertz CT molecular complexity index is 1080. The third kappa shape index (κ3) is 5.21. The maximum absolute atomic E-state index is 12.3. The Morgan fingerprint density at radius 1 is 1.10 bits per heavy atom. The van der Waals surface area contributed by atoms with E-state index < -0.39 is 10.0 Å². The average molecular weight is 431 g/mol. The number of rotatable bonds is 10. The van der Waals surface area contributed by atoms with Crippen LogP contribution >= 0.6 is 0 Å². The van der Waals surface area contributed by atoms with Crippen molar-refractivity contribution in [2.24, 2.45) is 0 Å². The lowest BCUT2D eigenvalue weighted by Crippen LogP contribution is -2.24. The zero-order chi connectivity index (χ0) is 21.6. The maximum atomic E-state index is 12.3. The minimum absolute atomic E-state index is 0.0474. The average Bonchev–Trinajstić information content (AvgIpc) is 3.12. The smallest absolute Gasteiger partial charge is 0.240 e. The minimum Gasteiger partial charge on any atom is -0.396 e. The number of anilines is 2. The van der Waals surface area contributed by atoms with Crippen LogP contribution in [0.2, 0.25) is 0 Å². The molecule has 0 spiro atoms. The van der Waals surface area contributed by atoms with E-state index in [4.69, 9.17) is 5.11 Å². The first-order chi connectivity index (χ1) is 14.4. The largest absolute Gasteiger partial charge is 0.396 e. The molecule has 0 fully saturated rings. The van der Waals surface area contributed by atoms with E-state index in [2.05, 4.69) is 36.5 Å². The van der Waals surface area contributed by atoms with Gasteiger partial charge in [-0.2, -0.15) is 0 Å². The van der Waals surface area contributed by atoms with Crippen molar-refractivity contribution in [3.8, 4) is 11.4 Å². The molecule has 0 amide bonds. The lowest BCUT2D eigenvalue weighted by Gasteiger charge is -2.10. The summed E-state index contributed by atoms with van der Waals surface area (Å²) in [4.78, 5) is 13.3. The van der Waals surface area contributed by atoms with Crippen LogP contribution in [0.4, 0.5) is 11.6 Å². The number of aliphatic hydroxyl groups is 1. The van der Waals surface area contributed by atoms with Gasteiger partial charge in [-0.25, -0.2) is 28.1 Å². The summed E-state index contributed by atoms with van der Waals surface area (Å²) in [7, 11) is -3.58. The summed E-state index contributed by atoms with van der Waals surface area (Å²) < 4.78 is 29.2. The highest BCUT2D eigenvalue weighted by Crippen LogP contribution is 2.21. The van der Waals surface area contributed by atoms with Crippen LogP contribution in [0.25, 0.3) is 11.4 Å². The molecule has 0 unspecified atom stereocenters. The van der Waals surface area contributed by atoms with Crippen molar-refractivity contribution in [3.05, 3.63) is 48.5 Å². The second-order valence-corrected chi connectivity index (χ2v) is 8.45. The van der Waals surface area contributed by atoms with E-state index in [1.807, 2.05) is 13.0 Å². The Labute approximate surface area is 176 Å². The predicted octanol–water partition coefficient (Wildman–Crippen LogP) is 2.46. The number of imidazole rings is 1. The number of hydrogen-bond acceptors (Lipinski definition) is 7. The van der Waals surface area contributed by atoms with Crippen LogP contribution in [0.3, 0.4) is 0 Å². The summed E-state index contributed by atoms with van der Waals surface area (Å²) in [5, 5.41) is 11.9. The van der Waals surface area contributed by atoms with Crippen molar-refractivity contribution in [3.63, 3.8) is 0 Å². The predicted molar refractivity (Wildman–Crippen MR) is 115 cm³/mol. The highest BCUT2D eigenvalue weighted by Gasteiger charge is 2.14. The van der Waals surface area contributed by atoms with Gasteiger partial charge in [-0.05, 0) is 57.0 Å². The molecule has 0 saturated carbocycles. The molecular formula is C20H26N6O3S. The summed E-state index contributed by atoms with van der Waals surface area (Å²) in [6, 6.07) is 8.20. The Balaban J connectivity index is 1.71. The first-order valence-electron chi connectivity index (χ1n) is 9.77. The van der Waals surface area contributed by atoms with Crippen molar-refractivity contribution in [2.75, 3.05) is 18.5 Å². The molecular weight excluding hydrogens is 404 g/mol. The van der Waals surface area contributed by atoms with Crippen LogP contribution in [0, 0.1) is 6.92 Å². The van der Waals surface area contributed by atoms with E-state index in [0.29, 0.717) is 24.5 Å². The quantitative estimate of drug-likeness (QED) is 0.422. The van der Waals surface area contributed by atoms with Crippen molar-refractivity contribution in [1.82, 2.24) is 24.2 Å². The molecule has 0 radical (unpaired) electrons. The highest BCUT2D eigenvalue weighted by molar-refractivity contribution is 7.89. The van der Waals surface area contributed by atoms with Crippen LogP contribution in [-0.4, -0.2) is 46.2 Å². The lowest BCUT2D eigenvalue weighted by atomic mass is 10.3. The molecule has 1 aromatic carbocycles. The number of nitrogens with one attached hydrogen (secondary N) is 2. The fourth-order valence-corrected chi connectivity index (χ4v) is 4.08. The fraction of sp³-hybridized carbons (Fsp3) is 0.350. The third-order valence-electron chi connectivity index (χ3n) is 4.59. The molecule has 0 bridgehead atoms. The molecule has 0 atom stereocenters. The summed E-state index contributed by atoms with van der Waals surface area (Å²) in [6.45, 7) is 5.13. The number of benzene rings is 1. The second-order valence-electron chi connectivity index (χ2n) is 6.68. The van der Waals surface area contributed by atoms with Gasteiger partial charge in [0.15, 0.2) is 0 Å². The molecule has 30 heavy (non-hydrogen) atoms. The zero-order valence-corrected chi connectivity index (χ0v) is 17.9. The standard InChI is InChI=1S/C20H26N6O3S/c1-3-26-15(2)22-14-19(26)18-10-12-21-20(25-18)24-16-6-8-17(9-7-16)30(28,29)23-11-4-5-13-27/h6-10,12,14,23,27H,3-5,11,13H2,1-2H3,(H,21,24,25). The van der Waals surface area contributed by atoms with E-state index in [9.17, 15) is 8.42 Å². The molecule has 3 N–H and O–H groups in total. The number of sulfonamides is 1. The van der Waals surface area contributed by atoms with Crippen LogP contribution < -0.4 is 10.0 Å². The summed E-state index contributed by atoms with van der Waals surface area (Å²) in [5.41, 5.74) is 2.34. The Morgan fingerprint density at radius 2 is 1.87 bits per heavy atom. The number of aliphatic hydroxyl groups excluding tert-OH is 1. The van der Waals surface area contributed by atoms with E-state index in [0.717, 1.165) is 23.8 Å². The minimum atomic E-state index is -3.58. The number of unbranched alkanes of at least 4 members (excludes halogenated alkanes) is 1. The van der Waals surface area contributed by atoms with Gasteiger partial charge in [0.1, 0.15) is 5.82 Å². The number of aryl methyl sites for hydroxylation is 1. The van der Waals surface area contributed by atoms with Gasteiger partial charge < -0.3 is 15.0 Å². The molecule has 3 aromatic rings. The molecule has 0 saturated heterocycles. The first-order valence-corrected chi connectivity index (χ1v) is 11.3. The summed E-state index contributed by atoms with van der Waals surface area (Å²) in [6.07, 6.45) is 4.60. The van der Waals surface area contributed by atoms with Gasteiger partial charge >= 0.3 is 0 Å². The van der Waals surface area contributed by atoms with Crippen molar-refractivity contribution in [1.29, 1.82) is 0 Å². The Kier molecular flexibility index (Phi) is 7.14. The maximum Gasteiger partial charge on any atom is 0.240 e. The molecule has 2 aromatic heterocycles. The lowest BCUT2D eigenvalue weighted by molar-refractivity contribution is 0.285. The summed E-state index contributed by atoms with van der Waals surface area (Å²) in [5.74, 6) is 1.33. The van der Waals surface area contributed by atoms with Gasteiger partial charge in [0.05, 0.1) is 22.5 Å². The number of nitrogens with zero attached hydrogens (tertiary/aromatic N) is 4. The monoisotopic (exact) mass is 430 g/mol. The Hall–Kier alpha value is -2.82. The second kappa shape index (κ2) is 9.79. The molecule has 0 aliphatic rings. The van der Waals surface area contributed by atoms with Crippen molar-refractivity contribution < 1.29 is 13.5 Å². The van der Waals surface area contributed by atoms with Crippen molar-refractivity contribution >= 4 is 21.7 Å². The van der Waals surface area contributed by atoms with Gasteiger partial charge in [-0.1, -0.05) is 0 Å². The van der Waals surface area contributed by atoms with Crippen LogP contribution in [0.1, 0.15) is 25.6 Å². The van der Waals surface area contributed by atoms with Crippen molar-refractivity contribution in [2.45, 2.75) is 38.1 Å². The van der Waals surface area contributed by atoms with Crippen LogP contribution in [0.15, 0.2) is 47.6 Å². The summed E-state index contributed by atoms with van der Waals surface area (Å²) >= 11 is 0. The van der Waals surface area contributed by atoms with E-state index in [1.54, 1.807) is 24.5 Å². The molecule has 10 heteroatoms. The van der Waals surface area contributed by atoms with Gasteiger partial charge in [0.25, 0.3) is 0 Å². The van der Waals surface area contributed by atoms with Gasteiger partial charge in [0.2, 0.25) is 16.0 Å². The van der Waals surface area contributed by atoms with E-state index >= 15 is 0 Å². The fourth-order valence-electron chi connectivity index (χ4n) is 3.01. The number of hydrogen-bond donors (Lipinski definition) is 3. The normalized spacial score (nSPS) is 11.6. The molecule has 9 nitrogen and oxygen atoms in total. The molecule has 160 valence electrons. The molecule has 2 heterocycles. The topological polar surface area (TPSA) is 122 Å². The third-order valence-corrected chi connectivity index (χ3v) is 6.06. The first kappa shape index (κ1) is 21.9. The van der Waals surface area contributed by atoms with E-state index in [-0.39, 0.29) is 18.0 Å². The van der Waals surface area contributed by atoms with Gasteiger partial charge in [-0.15, -0.1) is 0 Å². The SMILES string of the molecule is CCn1c(-c2ccnc(Nc3ccc(S(=O)(=O)NCCCCO)cc3)n2)cnc1C. The van der Waals surface area contributed by atoms with Crippen LogP contribution in [-0.2, 0) is 16.6 Å². The van der Waals surface area contributed by atoms with Gasteiger partial charge in [0, 0.05) is 31.6 Å². The van der Waals surface area contributed by atoms with E-state index in [1.165, 1.54) is 12.1 Å². The molecule has 0 aliphatic carbocycles. The highest BCUT2D eigenvalue weighted by atomic mass is 32.2. The number of aromatic nitrogens is 4. The van der Waals surface area contributed by atoms with Gasteiger partial charge in [-0.3, -0.25) is 0 Å². The Morgan fingerprint density at radius 3 is 2.57 bits per heavy atom. The molecule has 0 aliphatic heterocycles. The van der Waals surface area contributed by atoms with Crippen LogP contribution in [0.5, 0.6) is 0 Å². The zero-order valence-electron chi connectivity index (χ0n) is 17.0. The molecule has 3 rings (SSSR count).